The number of hydrogen-bond donors (Lipinski definition) is 0. The Morgan fingerprint density at radius 2 is 2.00 bits per heavy atom. The molecule has 1 saturated carbocycles. The summed E-state index contributed by atoms with van der Waals surface area (Å²) < 4.78 is 37.9. The summed E-state index contributed by atoms with van der Waals surface area (Å²) in [4.78, 5) is 1.50. The van der Waals surface area contributed by atoms with E-state index in [4.69, 9.17) is 0 Å². The van der Waals surface area contributed by atoms with Crippen molar-refractivity contribution in [2.45, 2.75) is 37.3 Å². The second-order valence-electron chi connectivity index (χ2n) is 4.74. The second-order valence-corrected chi connectivity index (χ2v) is 5.30. The maximum Gasteiger partial charge on any atom is 0.405 e. The molecule has 1 aromatic rings. The average Bonchev–Trinajstić information content (AvgIpc) is 3.08. The fourth-order valence-corrected chi connectivity index (χ4v) is 2.54. The van der Waals surface area contributed by atoms with Crippen molar-refractivity contribution in [3.05, 3.63) is 29.3 Å². The standard InChI is InChI=1S/C13H15BrF3N/c1-9-2-5-12(10(6-9)7-14)18(11-3-4-11)8-13(15,16)17/h2,5-6,11H,3-4,7-8H2,1H3. The number of aryl methyl sites for hydroxylation is 1. The topological polar surface area (TPSA) is 3.24 Å². The van der Waals surface area contributed by atoms with Crippen LogP contribution in [-0.4, -0.2) is 18.8 Å². The summed E-state index contributed by atoms with van der Waals surface area (Å²) in [7, 11) is 0. The molecular weight excluding hydrogens is 307 g/mol. The van der Waals surface area contributed by atoms with Crippen LogP contribution in [-0.2, 0) is 5.33 Å². The van der Waals surface area contributed by atoms with Crippen LogP contribution in [0.5, 0.6) is 0 Å². The van der Waals surface area contributed by atoms with Gasteiger partial charge in [0.05, 0.1) is 0 Å². The monoisotopic (exact) mass is 321 g/mol. The zero-order chi connectivity index (χ0) is 13.3. The maximum absolute atomic E-state index is 12.6. The van der Waals surface area contributed by atoms with E-state index in [1.165, 1.54) is 4.90 Å². The normalized spacial score (nSPS) is 15.8. The molecule has 1 aliphatic rings. The van der Waals surface area contributed by atoms with Gasteiger partial charge in [0.15, 0.2) is 0 Å². The van der Waals surface area contributed by atoms with Gasteiger partial charge >= 0.3 is 6.18 Å². The molecule has 0 bridgehead atoms. The fourth-order valence-electron chi connectivity index (χ4n) is 2.09. The van der Waals surface area contributed by atoms with Crippen LogP contribution in [0.1, 0.15) is 24.0 Å². The van der Waals surface area contributed by atoms with Gasteiger partial charge in [-0.05, 0) is 31.4 Å². The van der Waals surface area contributed by atoms with Crippen LogP contribution in [0.25, 0.3) is 0 Å². The van der Waals surface area contributed by atoms with Crippen LogP contribution in [0.15, 0.2) is 18.2 Å². The molecule has 2 rings (SSSR count). The third kappa shape index (κ3) is 3.40. The zero-order valence-corrected chi connectivity index (χ0v) is 11.7. The molecule has 1 aromatic carbocycles. The van der Waals surface area contributed by atoms with Crippen LogP contribution in [0.3, 0.4) is 0 Å². The van der Waals surface area contributed by atoms with Crippen molar-refractivity contribution in [3.8, 4) is 0 Å². The van der Waals surface area contributed by atoms with Crippen molar-refractivity contribution in [2.75, 3.05) is 11.4 Å². The number of alkyl halides is 4. The highest BCUT2D eigenvalue weighted by Crippen LogP contribution is 2.36. The predicted octanol–water partition coefficient (Wildman–Crippen LogP) is 4.42. The van der Waals surface area contributed by atoms with Crippen molar-refractivity contribution in [1.82, 2.24) is 0 Å². The number of hydrogen-bond acceptors (Lipinski definition) is 1. The molecule has 1 nitrogen and oxygen atoms in total. The Hall–Kier alpha value is -0.710. The van der Waals surface area contributed by atoms with Gasteiger partial charge in [-0.3, -0.25) is 0 Å². The minimum absolute atomic E-state index is 0.0483. The molecule has 100 valence electrons. The summed E-state index contributed by atoms with van der Waals surface area (Å²) in [5.74, 6) is 0. The molecule has 5 heteroatoms. The molecule has 0 radical (unpaired) electrons. The van der Waals surface area contributed by atoms with Crippen molar-refractivity contribution in [1.29, 1.82) is 0 Å². The van der Waals surface area contributed by atoms with Gasteiger partial charge < -0.3 is 4.90 Å². The van der Waals surface area contributed by atoms with Crippen molar-refractivity contribution in [3.63, 3.8) is 0 Å². The van der Waals surface area contributed by atoms with E-state index >= 15 is 0 Å². The Bertz CT molecular complexity index is 427. The molecule has 0 aromatic heterocycles. The van der Waals surface area contributed by atoms with Crippen LogP contribution in [0.2, 0.25) is 0 Å². The van der Waals surface area contributed by atoms with E-state index in [0.29, 0.717) is 11.0 Å². The molecule has 0 spiro atoms. The fraction of sp³-hybridized carbons (Fsp3) is 0.538. The van der Waals surface area contributed by atoms with Crippen molar-refractivity contribution >= 4 is 21.6 Å². The maximum atomic E-state index is 12.6. The summed E-state index contributed by atoms with van der Waals surface area (Å²) in [6.07, 6.45) is -2.45. The van der Waals surface area contributed by atoms with E-state index in [1.807, 2.05) is 19.1 Å². The molecular formula is C13H15BrF3N. The van der Waals surface area contributed by atoms with Crippen LogP contribution < -0.4 is 4.90 Å². The lowest BCUT2D eigenvalue weighted by Gasteiger charge is -2.28. The molecule has 0 unspecified atom stereocenters. The van der Waals surface area contributed by atoms with Gasteiger partial charge in [-0.1, -0.05) is 33.6 Å². The first-order valence-corrected chi connectivity index (χ1v) is 7.02. The van der Waals surface area contributed by atoms with Crippen LogP contribution in [0, 0.1) is 6.92 Å². The van der Waals surface area contributed by atoms with Crippen LogP contribution >= 0.6 is 15.9 Å². The number of benzene rings is 1. The molecule has 0 atom stereocenters. The largest absolute Gasteiger partial charge is 0.405 e. The number of anilines is 1. The molecule has 0 aliphatic heterocycles. The minimum atomic E-state index is -4.16. The van der Waals surface area contributed by atoms with Gasteiger partial charge in [0.1, 0.15) is 6.54 Å². The Balaban J connectivity index is 2.30. The van der Waals surface area contributed by atoms with E-state index in [-0.39, 0.29) is 6.04 Å². The third-order valence-corrected chi connectivity index (χ3v) is 3.63. The summed E-state index contributed by atoms with van der Waals surface area (Å²) in [6, 6.07) is 5.66. The van der Waals surface area contributed by atoms with E-state index in [2.05, 4.69) is 15.9 Å². The minimum Gasteiger partial charge on any atom is -0.359 e. The highest BCUT2D eigenvalue weighted by atomic mass is 79.9. The Labute approximate surface area is 113 Å². The van der Waals surface area contributed by atoms with Crippen molar-refractivity contribution < 1.29 is 13.2 Å². The van der Waals surface area contributed by atoms with Gasteiger partial charge in [0.25, 0.3) is 0 Å². The Morgan fingerprint density at radius 3 is 2.50 bits per heavy atom. The molecule has 0 amide bonds. The summed E-state index contributed by atoms with van der Waals surface area (Å²) in [6.45, 7) is 1.09. The van der Waals surface area contributed by atoms with Gasteiger partial charge in [0, 0.05) is 17.1 Å². The molecule has 1 fully saturated rings. The lowest BCUT2D eigenvalue weighted by Crippen LogP contribution is -2.36. The summed E-state index contributed by atoms with van der Waals surface area (Å²) in [5.41, 5.74) is 2.69. The Morgan fingerprint density at radius 1 is 1.33 bits per heavy atom. The zero-order valence-electron chi connectivity index (χ0n) is 10.1. The highest BCUT2D eigenvalue weighted by Gasteiger charge is 2.38. The van der Waals surface area contributed by atoms with Crippen molar-refractivity contribution in [2.24, 2.45) is 0 Å². The molecule has 18 heavy (non-hydrogen) atoms. The Kier molecular flexibility index (Phi) is 3.90. The average molecular weight is 322 g/mol. The van der Waals surface area contributed by atoms with E-state index in [0.717, 1.165) is 24.0 Å². The highest BCUT2D eigenvalue weighted by molar-refractivity contribution is 9.08. The number of halogens is 4. The first-order valence-electron chi connectivity index (χ1n) is 5.89. The molecule has 1 aliphatic carbocycles. The van der Waals surface area contributed by atoms with Gasteiger partial charge in [-0.15, -0.1) is 0 Å². The first kappa shape index (κ1) is 13.7. The first-order chi connectivity index (χ1) is 8.40. The third-order valence-electron chi connectivity index (χ3n) is 3.03. The smallest absolute Gasteiger partial charge is 0.359 e. The van der Waals surface area contributed by atoms with Gasteiger partial charge in [-0.25, -0.2) is 0 Å². The second kappa shape index (κ2) is 5.11. The molecule has 0 heterocycles. The molecule has 0 saturated heterocycles. The summed E-state index contributed by atoms with van der Waals surface area (Å²) in [5, 5.41) is 0.574. The lowest BCUT2D eigenvalue weighted by atomic mass is 10.1. The van der Waals surface area contributed by atoms with E-state index in [1.54, 1.807) is 6.07 Å². The quantitative estimate of drug-likeness (QED) is 0.742. The summed E-state index contributed by atoms with van der Waals surface area (Å²) >= 11 is 3.35. The van der Waals surface area contributed by atoms with E-state index in [9.17, 15) is 13.2 Å². The van der Waals surface area contributed by atoms with E-state index < -0.39 is 12.7 Å². The molecule has 0 N–H and O–H groups in total. The van der Waals surface area contributed by atoms with Gasteiger partial charge in [-0.2, -0.15) is 13.2 Å². The number of nitrogens with zero attached hydrogens (tertiary/aromatic N) is 1. The van der Waals surface area contributed by atoms with Crippen LogP contribution in [0.4, 0.5) is 18.9 Å². The lowest BCUT2D eigenvalue weighted by molar-refractivity contribution is -0.120. The predicted molar refractivity (Wildman–Crippen MR) is 70.2 cm³/mol. The SMILES string of the molecule is Cc1ccc(N(CC(F)(F)F)C2CC2)c(CBr)c1. The van der Waals surface area contributed by atoms with Gasteiger partial charge in [0.2, 0.25) is 0 Å². The number of rotatable bonds is 4.